The minimum atomic E-state index is -0.794. The second-order valence-corrected chi connectivity index (χ2v) is 9.80. The van der Waals surface area contributed by atoms with Crippen molar-refractivity contribution >= 4 is 28.5 Å². The Morgan fingerprint density at radius 1 is 1.23 bits per heavy atom. The van der Waals surface area contributed by atoms with Crippen LogP contribution in [-0.4, -0.2) is 53.4 Å². The first-order valence-electron chi connectivity index (χ1n) is 11.5. The summed E-state index contributed by atoms with van der Waals surface area (Å²) < 4.78 is 12.0. The molecule has 2 aromatic carbocycles. The van der Waals surface area contributed by atoms with Crippen molar-refractivity contribution in [3.63, 3.8) is 0 Å². The maximum atomic E-state index is 13.1. The van der Waals surface area contributed by atoms with E-state index >= 15 is 0 Å². The molecule has 3 atom stereocenters. The Labute approximate surface area is 207 Å². The van der Waals surface area contributed by atoms with Gasteiger partial charge in [-0.15, -0.1) is 0 Å². The molecule has 1 aliphatic heterocycles. The number of phenolic OH excluding ortho intramolecular Hbond substituents is 2. The number of benzene rings is 2. The number of carbonyl (C=O) groups is 1. The lowest BCUT2D eigenvalue weighted by atomic mass is 9.85. The number of piperidine rings is 1. The van der Waals surface area contributed by atoms with E-state index in [0.29, 0.717) is 35.7 Å². The van der Waals surface area contributed by atoms with Gasteiger partial charge in [0, 0.05) is 35.7 Å². The molecule has 4 N–H and O–H groups in total. The Morgan fingerprint density at radius 3 is 2.63 bits per heavy atom. The summed E-state index contributed by atoms with van der Waals surface area (Å²) in [5.74, 6) is -1.60. The summed E-state index contributed by atoms with van der Waals surface area (Å²) >= 11 is 6.33. The number of phenols is 2. The van der Waals surface area contributed by atoms with E-state index in [-0.39, 0.29) is 28.4 Å². The summed E-state index contributed by atoms with van der Waals surface area (Å²) in [6.45, 7) is 4.73. The average molecular weight is 501 g/mol. The molecule has 0 unspecified atom stereocenters. The molecule has 2 heterocycles. The quantitative estimate of drug-likeness (QED) is 0.451. The number of likely N-dealkylation sites (N-methyl/N-ethyl adjacent to an activating group) is 1. The number of halogens is 1. The third-order valence-electron chi connectivity index (χ3n) is 6.53. The van der Waals surface area contributed by atoms with Crippen LogP contribution in [0.5, 0.6) is 11.5 Å². The van der Waals surface area contributed by atoms with Crippen molar-refractivity contribution in [3.8, 4) is 22.8 Å². The Balaban J connectivity index is 1.88. The topological polar surface area (TPSA) is 126 Å². The number of ether oxygens (including phenoxy) is 1. The van der Waals surface area contributed by atoms with Crippen LogP contribution in [0.4, 0.5) is 0 Å². The van der Waals surface area contributed by atoms with Crippen molar-refractivity contribution < 1.29 is 24.2 Å². The molecule has 0 saturated carbocycles. The number of hydrogen-bond acceptors (Lipinski definition) is 8. The van der Waals surface area contributed by atoms with E-state index in [4.69, 9.17) is 26.5 Å². The molecular formula is C26H29ClN2O6. The van der Waals surface area contributed by atoms with Gasteiger partial charge >= 0.3 is 5.97 Å². The molecule has 186 valence electrons. The molecule has 0 amide bonds. The third kappa shape index (κ3) is 4.87. The van der Waals surface area contributed by atoms with E-state index in [9.17, 15) is 19.8 Å². The van der Waals surface area contributed by atoms with E-state index in [2.05, 4.69) is 0 Å². The molecule has 0 spiro atoms. The smallest absolute Gasteiger partial charge is 0.323 e. The first-order valence-corrected chi connectivity index (χ1v) is 11.9. The van der Waals surface area contributed by atoms with Gasteiger partial charge in [0.2, 0.25) is 0 Å². The Kier molecular flexibility index (Phi) is 7.07. The van der Waals surface area contributed by atoms with Gasteiger partial charge in [0.1, 0.15) is 40.4 Å². The zero-order valence-electron chi connectivity index (χ0n) is 19.8. The summed E-state index contributed by atoms with van der Waals surface area (Å²) in [5.41, 5.74) is 6.36. The van der Waals surface area contributed by atoms with Crippen LogP contribution in [0.3, 0.4) is 0 Å². The molecule has 9 heteroatoms. The highest BCUT2D eigenvalue weighted by atomic mass is 35.5. The van der Waals surface area contributed by atoms with Gasteiger partial charge in [0.05, 0.1) is 5.02 Å². The zero-order chi connectivity index (χ0) is 25.4. The monoisotopic (exact) mass is 500 g/mol. The highest BCUT2D eigenvalue weighted by molar-refractivity contribution is 6.33. The normalized spacial score (nSPS) is 19.7. The number of nitrogens with two attached hydrogens (primary N) is 1. The maximum Gasteiger partial charge on any atom is 0.323 e. The Morgan fingerprint density at radius 2 is 1.94 bits per heavy atom. The molecule has 1 saturated heterocycles. The molecule has 0 radical (unpaired) electrons. The molecule has 4 rings (SSSR count). The second kappa shape index (κ2) is 9.89. The number of esters is 1. The molecule has 1 aromatic heterocycles. The summed E-state index contributed by atoms with van der Waals surface area (Å²) in [4.78, 5) is 27.8. The second-order valence-electron chi connectivity index (χ2n) is 9.39. The number of rotatable bonds is 5. The fourth-order valence-electron chi connectivity index (χ4n) is 4.49. The highest BCUT2D eigenvalue weighted by Gasteiger charge is 2.37. The number of fused-ring (bicyclic) bond motifs is 1. The lowest BCUT2D eigenvalue weighted by Gasteiger charge is -2.37. The summed E-state index contributed by atoms with van der Waals surface area (Å²) in [5, 5.41) is 21.8. The first kappa shape index (κ1) is 25.0. The zero-order valence-corrected chi connectivity index (χ0v) is 20.6. The van der Waals surface area contributed by atoms with Crippen LogP contribution >= 0.6 is 11.6 Å². The van der Waals surface area contributed by atoms with Crippen molar-refractivity contribution in [3.05, 3.63) is 57.2 Å². The molecular weight excluding hydrogens is 472 g/mol. The van der Waals surface area contributed by atoms with Gasteiger partial charge in [-0.25, -0.2) is 0 Å². The van der Waals surface area contributed by atoms with Crippen LogP contribution in [0.25, 0.3) is 22.3 Å². The minimum Gasteiger partial charge on any atom is -0.507 e. The van der Waals surface area contributed by atoms with Crippen LogP contribution < -0.4 is 11.2 Å². The highest BCUT2D eigenvalue weighted by Crippen LogP contribution is 2.43. The number of aromatic hydroxyl groups is 2. The summed E-state index contributed by atoms with van der Waals surface area (Å²) in [6.07, 6.45) is -0.141. The Hall–Kier alpha value is -3.07. The van der Waals surface area contributed by atoms with Gasteiger partial charge in [-0.2, -0.15) is 0 Å². The van der Waals surface area contributed by atoms with E-state index < -0.39 is 35.2 Å². The largest absolute Gasteiger partial charge is 0.507 e. The van der Waals surface area contributed by atoms with Gasteiger partial charge < -0.3 is 30.0 Å². The number of likely N-dealkylation sites (tertiary alicyclic amines) is 1. The van der Waals surface area contributed by atoms with Gasteiger partial charge in [0.25, 0.3) is 0 Å². The van der Waals surface area contributed by atoms with Crippen LogP contribution in [0.2, 0.25) is 5.02 Å². The molecule has 0 aliphatic carbocycles. The fourth-order valence-corrected chi connectivity index (χ4v) is 4.72. The van der Waals surface area contributed by atoms with Crippen LogP contribution in [0.15, 0.2) is 45.6 Å². The molecule has 8 nitrogen and oxygen atoms in total. The molecule has 35 heavy (non-hydrogen) atoms. The minimum absolute atomic E-state index is 0.0358. The van der Waals surface area contributed by atoms with E-state index in [1.807, 2.05) is 25.8 Å². The van der Waals surface area contributed by atoms with Crippen molar-refractivity contribution in [1.29, 1.82) is 0 Å². The third-order valence-corrected chi connectivity index (χ3v) is 6.86. The predicted octanol–water partition coefficient (Wildman–Crippen LogP) is 3.84. The molecule has 1 fully saturated rings. The van der Waals surface area contributed by atoms with Crippen molar-refractivity contribution in [1.82, 2.24) is 4.90 Å². The van der Waals surface area contributed by atoms with Crippen LogP contribution in [-0.2, 0) is 9.53 Å². The number of carbonyl (C=O) groups excluding carboxylic acids is 1. The average Bonchev–Trinajstić information content (AvgIpc) is 2.79. The SMILES string of the molecule is CC(C)[C@H](N)C(=O)O[C@@H]1CN(C)CC[C@@H]1c1c(O)cc(O)c2c(=O)cc(-c3ccccc3Cl)oc12. The van der Waals surface area contributed by atoms with E-state index in [1.54, 1.807) is 24.3 Å². The van der Waals surface area contributed by atoms with Crippen LogP contribution in [0.1, 0.15) is 31.7 Å². The van der Waals surface area contributed by atoms with Gasteiger partial charge in [-0.1, -0.05) is 37.6 Å². The molecule has 1 aliphatic rings. The van der Waals surface area contributed by atoms with Crippen molar-refractivity contribution in [2.75, 3.05) is 20.1 Å². The Bertz CT molecular complexity index is 1320. The van der Waals surface area contributed by atoms with Gasteiger partial charge in [-0.3, -0.25) is 9.59 Å². The molecule has 0 bridgehead atoms. The number of nitrogens with zero attached hydrogens (tertiary/aromatic N) is 1. The first-order chi connectivity index (χ1) is 16.6. The fraction of sp³-hybridized carbons (Fsp3) is 0.385. The summed E-state index contributed by atoms with van der Waals surface area (Å²) in [6, 6.07) is 8.50. The van der Waals surface area contributed by atoms with Crippen LogP contribution in [0, 0.1) is 5.92 Å². The van der Waals surface area contributed by atoms with E-state index in [1.165, 1.54) is 6.07 Å². The summed E-state index contributed by atoms with van der Waals surface area (Å²) in [7, 11) is 1.91. The lowest BCUT2D eigenvalue weighted by molar-refractivity contribution is -0.155. The van der Waals surface area contributed by atoms with E-state index in [0.717, 1.165) is 6.07 Å². The van der Waals surface area contributed by atoms with Crippen molar-refractivity contribution in [2.24, 2.45) is 11.7 Å². The van der Waals surface area contributed by atoms with Gasteiger partial charge in [-0.05, 0) is 38.1 Å². The van der Waals surface area contributed by atoms with Gasteiger partial charge in [0.15, 0.2) is 5.43 Å². The predicted molar refractivity (Wildman–Crippen MR) is 134 cm³/mol. The van der Waals surface area contributed by atoms with Crippen molar-refractivity contribution in [2.45, 2.75) is 38.3 Å². The number of hydrogen-bond donors (Lipinski definition) is 3. The molecule has 3 aromatic rings. The maximum absolute atomic E-state index is 13.1. The standard InChI is InChI=1S/C26H29ClN2O6/c1-13(2)24(28)26(33)35-21-12-29(3)9-8-15(21)22-17(30)10-18(31)23-19(32)11-20(34-25(22)23)14-6-4-5-7-16(14)27/h4-7,10-11,13,15,21,24,30-31H,8-9,12,28H2,1-3H3/t15-,21+,24-/m0/s1. The lowest BCUT2D eigenvalue weighted by Crippen LogP contribution is -2.46.